The number of ether oxygens (including phenoxy) is 2. The molecule has 0 aliphatic rings. The average molecular weight is 278 g/mol. The highest BCUT2D eigenvalue weighted by Gasteiger charge is 2.28. The van der Waals surface area contributed by atoms with Crippen molar-refractivity contribution in [2.75, 3.05) is 7.11 Å². The Morgan fingerprint density at radius 1 is 0.950 bits per heavy atom. The third-order valence-electron chi connectivity index (χ3n) is 3.20. The normalized spacial score (nSPS) is 12.2. The van der Waals surface area contributed by atoms with Gasteiger partial charge >= 0.3 is 6.16 Å². The first-order valence-electron chi connectivity index (χ1n) is 6.88. The maximum Gasteiger partial charge on any atom is 0.513 e. The zero-order valence-corrected chi connectivity index (χ0v) is 13.9. The van der Waals surface area contributed by atoms with Crippen LogP contribution in [-0.4, -0.2) is 13.3 Å². The Hall–Kier alpha value is -1.51. The maximum absolute atomic E-state index is 11.6. The van der Waals surface area contributed by atoms with E-state index in [1.54, 1.807) is 0 Å². The molecule has 0 fully saturated rings. The minimum atomic E-state index is -0.676. The summed E-state index contributed by atoms with van der Waals surface area (Å²) in [7, 11) is 1.32. The molecular weight excluding hydrogens is 252 g/mol. The second kappa shape index (κ2) is 5.47. The van der Waals surface area contributed by atoms with Gasteiger partial charge in [-0.15, -0.1) is 0 Å². The van der Waals surface area contributed by atoms with Crippen LogP contribution in [0.25, 0.3) is 0 Å². The highest BCUT2D eigenvalue weighted by atomic mass is 16.7. The molecule has 20 heavy (non-hydrogen) atoms. The molecule has 0 aliphatic heterocycles. The third-order valence-corrected chi connectivity index (χ3v) is 3.20. The number of benzene rings is 1. The topological polar surface area (TPSA) is 35.5 Å². The molecule has 112 valence electrons. The lowest BCUT2D eigenvalue weighted by molar-refractivity contribution is 0.120. The zero-order chi connectivity index (χ0) is 15.7. The molecule has 0 heterocycles. The van der Waals surface area contributed by atoms with Gasteiger partial charge in [0.25, 0.3) is 0 Å². The fourth-order valence-electron chi connectivity index (χ4n) is 2.12. The molecule has 1 aromatic carbocycles. The second-order valence-corrected chi connectivity index (χ2v) is 7.25. The predicted molar refractivity (Wildman–Crippen MR) is 81.6 cm³/mol. The van der Waals surface area contributed by atoms with Crippen molar-refractivity contribution in [1.29, 1.82) is 0 Å². The van der Waals surface area contributed by atoms with Crippen molar-refractivity contribution in [3.63, 3.8) is 0 Å². The fraction of sp³-hybridized carbons (Fsp3) is 0.588. The summed E-state index contributed by atoms with van der Waals surface area (Å²) in [5.41, 5.74) is 2.97. The van der Waals surface area contributed by atoms with Crippen LogP contribution in [0.2, 0.25) is 0 Å². The van der Waals surface area contributed by atoms with E-state index < -0.39 is 6.16 Å². The van der Waals surface area contributed by atoms with Gasteiger partial charge in [-0.1, -0.05) is 59.2 Å². The number of hydrogen-bond acceptors (Lipinski definition) is 3. The summed E-state index contributed by atoms with van der Waals surface area (Å²) in [6.45, 7) is 14.7. The molecule has 0 saturated heterocycles. The van der Waals surface area contributed by atoms with E-state index in [9.17, 15) is 4.79 Å². The van der Waals surface area contributed by atoms with Gasteiger partial charge in [-0.3, -0.25) is 0 Å². The predicted octanol–water partition coefficient (Wildman–Crippen LogP) is 4.74. The van der Waals surface area contributed by atoms with E-state index in [2.05, 4.69) is 65.3 Å². The quantitative estimate of drug-likeness (QED) is 0.550. The van der Waals surface area contributed by atoms with E-state index in [1.807, 2.05) is 0 Å². The van der Waals surface area contributed by atoms with Gasteiger partial charge in [-0.05, 0) is 17.8 Å². The Balaban J connectivity index is 3.58. The van der Waals surface area contributed by atoms with Crippen molar-refractivity contribution >= 4 is 6.16 Å². The van der Waals surface area contributed by atoms with Crippen molar-refractivity contribution < 1.29 is 14.3 Å². The summed E-state index contributed by atoms with van der Waals surface area (Å²) < 4.78 is 10.1. The molecule has 0 atom stereocenters. The van der Waals surface area contributed by atoms with Gasteiger partial charge in [0, 0.05) is 11.1 Å². The molecule has 3 nitrogen and oxygen atoms in total. The lowest BCUT2D eigenvalue weighted by Crippen LogP contribution is -2.22. The van der Waals surface area contributed by atoms with Crippen LogP contribution >= 0.6 is 0 Å². The lowest BCUT2D eigenvalue weighted by atomic mass is 9.78. The molecule has 0 radical (unpaired) electrons. The second-order valence-electron chi connectivity index (χ2n) is 7.25. The van der Waals surface area contributed by atoms with Crippen LogP contribution in [0.1, 0.15) is 58.2 Å². The number of hydrogen-bond donors (Lipinski definition) is 0. The number of rotatable bonds is 1. The Bertz CT molecular complexity index is 467. The fourth-order valence-corrected chi connectivity index (χ4v) is 2.12. The lowest BCUT2D eigenvalue weighted by Gasteiger charge is -2.29. The summed E-state index contributed by atoms with van der Waals surface area (Å²) in [6.07, 6.45) is -0.676. The molecule has 0 saturated carbocycles. The van der Waals surface area contributed by atoms with Crippen LogP contribution in [0.15, 0.2) is 12.1 Å². The molecular formula is C17H26O3. The van der Waals surface area contributed by atoms with Crippen LogP contribution < -0.4 is 4.74 Å². The Morgan fingerprint density at radius 2 is 1.35 bits per heavy atom. The maximum atomic E-state index is 11.6. The first-order chi connectivity index (χ1) is 8.96. The van der Waals surface area contributed by atoms with E-state index >= 15 is 0 Å². The molecule has 0 amide bonds. The Morgan fingerprint density at radius 3 is 1.65 bits per heavy atom. The van der Waals surface area contributed by atoms with Crippen LogP contribution in [0.4, 0.5) is 4.79 Å². The van der Waals surface area contributed by atoms with E-state index in [0.29, 0.717) is 5.75 Å². The van der Waals surface area contributed by atoms with E-state index in [4.69, 9.17) is 4.74 Å². The number of carbonyl (C=O) groups excluding carboxylic acids is 1. The molecule has 0 aromatic heterocycles. The van der Waals surface area contributed by atoms with Gasteiger partial charge in [0.15, 0.2) is 0 Å². The van der Waals surface area contributed by atoms with E-state index in [-0.39, 0.29) is 10.8 Å². The van der Waals surface area contributed by atoms with Crippen molar-refractivity contribution in [3.05, 3.63) is 28.8 Å². The Labute approximate surface area is 122 Å². The molecule has 0 aliphatic carbocycles. The highest BCUT2D eigenvalue weighted by molar-refractivity contribution is 5.66. The molecule has 1 aromatic rings. The molecule has 0 spiro atoms. The Kier molecular flexibility index (Phi) is 4.52. The average Bonchev–Trinajstić information content (AvgIpc) is 2.27. The SMILES string of the molecule is COC(=O)Oc1c(C(C)(C)C)cc(C)cc1C(C)(C)C. The molecule has 0 unspecified atom stereocenters. The first kappa shape index (κ1) is 16.5. The van der Waals surface area contributed by atoms with Gasteiger partial charge in [-0.2, -0.15) is 0 Å². The largest absolute Gasteiger partial charge is 0.513 e. The highest BCUT2D eigenvalue weighted by Crippen LogP contribution is 2.40. The van der Waals surface area contributed by atoms with Crippen molar-refractivity contribution in [2.45, 2.75) is 59.3 Å². The minimum absolute atomic E-state index is 0.116. The van der Waals surface area contributed by atoms with Crippen molar-refractivity contribution in [3.8, 4) is 5.75 Å². The first-order valence-corrected chi connectivity index (χ1v) is 6.88. The summed E-state index contributed by atoms with van der Waals surface area (Å²) >= 11 is 0. The third kappa shape index (κ3) is 3.75. The standard InChI is InChI=1S/C17H26O3/c1-11-9-12(16(2,3)4)14(20-15(18)19-8)13(10-11)17(5,6)7/h9-10H,1-8H3. The van der Waals surface area contributed by atoms with Crippen LogP contribution in [0.5, 0.6) is 5.75 Å². The number of carbonyl (C=O) groups is 1. The van der Waals surface area contributed by atoms with E-state index in [0.717, 1.165) is 16.7 Å². The van der Waals surface area contributed by atoms with Gasteiger partial charge in [0.05, 0.1) is 7.11 Å². The van der Waals surface area contributed by atoms with Gasteiger partial charge in [0.2, 0.25) is 0 Å². The molecule has 0 bridgehead atoms. The van der Waals surface area contributed by atoms with Crippen LogP contribution in [-0.2, 0) is 15.6 Å². The van der Waals surface area contributed by atoms with Crippen LogP contribution in [0, 0.1) is 6.92 Å². The minimum Gasteiger partial charge on any atom is -0.437 e. The molecule has 1 rings (SSSR count). The summed E-state index contributed by atoms with van der Waals surface area (Å²) in [5, 5.41) is 0. The summed E-state index contributed by atoms with van der Waals surface area (Å²) in [4.78, 5) is 11.6. The zero-order valence-electron chi connectivity index (χ0n) is 13.9. The van der Waals surface area contributed by atoms with Gasteiger partial charge in [0.1, 0.15) is 5.75 Å². The smallest absolute Gasteiger partial charge is 0.437 e. The monoisotopic (exact) mass is 278 g/mol. The van der Waals surface area contributed by atoms with E-state index in [1.165, 1.54) is 7.11 Å². The number of methoxy groups -OCH3 is 1. The summed E-state index contributed by atoms with van der Waals surface area (Å²) in [6, 6.07) is 4.15. The summed E-state index contributed by atoms with van der Waals surface area (Å²) in [5.74, 6) is 0.627. The molecule has 0 N–H and O–H groups in total. The van der Waals surface area contributed by atoms with Crippen LogP contribution in [0.3, 0.4) is 0 Å². The number of aryl methyl sites for hydroxylation is 1. The van der Waals surface area contributed by atoms with Crippen molar-refractivity contribution in [1.82, 2.24) is 0 Å². The van der Waals surface area contributed by atoms with Crippen molar-refractivity contribution in [2.24, 2.45) is 0 Å². The van der Waals surface area contributed by atoms with Gasteiger partial charge < -0.3 is 9.47 Å². The van der Waals surface area contributed by atoms with Gasteiger partial charge in [-0.25, -0.2) is 4.79 Å². The molecule has 3 heteroatoms.